The molecule has 164 valence electrons. The molecule has 0 aliphatic carbocycles. The van der Waals surface area contributed by atoms with Crippen molar-refractivity contribution in [3.63, 3.8) is 0 Å². The molecule has 2 aliphatic rings. The van der Waals surface area contributed by atoms with Crippen LogP contribution in [0.2, 0.25) is 0 Å². The first-order chi connectivity index (χ1) is 15.1. The Balaban J connectivity index is 1.31. The molecule has 0 bridgehead atoms. The van der Waals surface area contributed by atoms with Crippen LogP contribution in [0.1, 0.15) is 46.4 Å². The molecule has 0 saturated carbocycles. The predicted molar refractivity (Wildman–Crippen MR) is 117 cm³/mol. The Hall–Kier alpha value is -2.86. The van der Waals surface area contributed by atoms with Crippen molar-refractivity contribution in [3.05, 3.63) is 59.7 Å². The number of amides is 1. The van der Waals surface area contributed by atoms with Gasteiger partial charge in [-0.2, -0.15) is 0 Å². The number of rotatable bonds is 7. The van der Waals surface area contributed by atoms with Gasteiger partial charge in [0, 0.05) is 36.7 Å². The highest BCUT2D eigenvalue weighted by atomic mass is 16.5. The molecule has 0 aromatic heterocycles. The molecule has 2 aliphatic heterocycles. The molecule has 0 spiro atoms. The Morgan fingerprint density at radius 2 is 1.77 bits per heavy atom. The maximum absolute atomic E-state index is 13.0. The van der Waals surface area contributed by atoms with E-state index in [-0.39, 0.29) is 23.7 Å². The van der Waals surface area contributed by atoms with Crippen LogP contribution >= 0.6 is 0 Å². The van der Waals surface area contributed by atoms with E-state index < -0.39 is 0 Å². The largest absolute Gasteiger partial charge is 0.497 e. The van der Waals surface area contributed by atoms with E-state index in [1.165, 1.54) is 0 Å². The van der Waals surface area contributed by atoms with Gasteiger partial charge in [-0.15, -0.1) is 0 Å². The van der Waals surface area contributed by atoms with Gasteiger partial charge in [0.1, 0.15) is 18.1 Å². The molecular weight excluding hydrogens is 394 g/mol. The number of Topliss-reactive ketones (excluding diaryl/α,β-unsaturated/α-hetero) is 1. The van der Waals surface area contributed by atoms with Crippen molar-refractivity contribution in [1.82, 2.24) is 4.90 Å². The minimum absolute atomic E-state index is 0.0158. The summed E-state index contributed by atoms with van der Waals surface area (Å²) in [6.07, 6.45) is 3.57. The van der Waals surface area contributed by atoms with E-state index in [0.717, 1.165) is 25.2 Å². The molecule has 2 heterocycles. The fourth-order valence-electron chi connectivity index (χ4n) is 4.20. The molecule has 2 aromatic carbocycles. The van der Waals surface area contributed by atoms with Crippen LogP contribution in [0.5, 0.6) is 11.5 Å². The number of ketones is 1. The minimum Gasteiger partial charge on any atom is -0.497 e. The van der Waals surface area contributed by atoms with Crippen molar-refractivity contribution in [1.29, 1.82) is 0 Å². The summed E-state index contributed by atoms with van der Waals surface area (Å²) in [6, 6.07) is 14.5. The second-order valence-electron chi connectivity index (χ2n) is 8.13. The van der Waals surface area contributed by atoms with E-state index >= 15 is 0 Å². The van der Waals surface area contributed by atoms with Crippen molar-refractivity contribution < 1.29 is 23.8 Å². The van der Waals surface area contributed by atoms with Crippen LogP contribution in [0, 0.1) is 5.92 Å². The summed E-state index contributed by atoms with van der Waals surface area (Å²) >= 11 is 0. The number of ether oxygens (including phenoxy) is 3. The molecule has 6 nitrogen and oxygen atoms in total. The van der Waals surface area contributed by atoms with Crippen LogP contribution in [-0.2, 0) is 4.74 Å². The van der Waals surface area contributed by atoms with Crippen LogP contribution in [0.4, 0.5) is 0 Å². The van der Waals surface area contributed by atoms with Crippen molar-refractivity contribution in [2.45, 2.75) is 31.8 Å². The lowest BCUT2D eigenvalue weighted by Crippen LogP contribution is -2.40. The maximum atomic E-state index is 13.0. The first kappa shape index (κ1) is 21.4. The molecule has 1 unspecified atom stereocenters. The van der Waals surface area contributed by atoms with Crippen molar-refractivity contribution in [3.8, 4) is 11.5 Å². The summed E-state index contributed by atoms with van der Waals surface area (Å²) in [5.74, 6) is 1.49. The number of likely N-dealkylation sites (tertiary alicyclic amines) is 1. The van der Waals surface area contributed by atoms with E-state index in [1.807, 2.05) is 23.1 Å². The zero-order valence-corrected chi connectivity index (χ0v) is 17.9. The third-order valence-electron chi connectivity index (χ3n) is 6.07. The van der Waals surface area contributed by atoms with E-state index in [2.05, 4.69) is 0 Å². The van der Waals surface area contributed by atoms with Crippen molar-refractivity contribution >= 4 is 11.7 Å². The van der Waals surface area contributed by atoms with Gasteiger partial charge in [-0.25, -0.2) is 0 Å². The summed E-state index contributed by atoms with van der Waals surface area (Å²) in [5.41, 5.74) is 1.31. The highest BCUT2D eigenvalue weighted by Gasteiger charge is 2.28. The van der Waals surface area contributed by atoms with E-state index in [9.17, 15) is 9.59 Å². The first-order valence-corrected chi connectivity index (χ1v) is 11.0. The molecule has 31 heavy (non-hydrogen) atoms. The monoisotopic (exact) mass is 423 g/mol. The smallest absolute Gasteiger partial charge is 0.253 e. The lowest BCUT2D eigenvalue weighted by molar-refractivity contribution is 0.0645. The van der Waals surface area contributed by atoms with E-state index in [4.69, 9.17) is 14.2 Å². The molecule has 4 rings (SSSR count). The molecule has 2 saturated heterocycles. The average molecular weight is 424 g/mol. The van der Waals surface area contributed by atoms with Gasteiger partial charge < -0.3 is 19.1 Å². The zero-order chi connectivity index (χ0) is 21.6. The molecule has 0 N–H and O–H groups in total. The molecular formula is C25H29NO5. The predicted octanol–water partition coefficient (Wildman–Crippen LogP) is 3.99. The van der Waals surface area contributed by atoms with E-state index in [0.29, 0.717) is 49.4 Å². The number of nitrogens with zero attached hydrogens (tertiary/aromatic N) is 1. The minimum atomic E-state index is -0.0569. The van der Waals surface area contributed by atoms with Crippen LogP contribution in [-0.4, -0.2) is 56.1 Å². The van der Waals surface area contributed by atoms with Crippen LogP contribution < -0.4 is 9.47 Å². The summed E-state index contributed by atoms with van der Waals surface area (Å²) in [4.78, 5) is 27.6. The van der Waals surface area contributed by atoms with Gasteiger partial charge in [-0.1, -0.05) is 6.07 Å². The second-order valence-corrected chi connectivity index (χ2v) is 8.13. The fourth-order valence-corrected chi connectivity index (χ4v) is 4.20. The Labute approximate surface area is 183 Å². The van der Waals surface area contributed by atoms with Crippen LogP contribution in [0.3, 0.4) is 0 Å². The number of hydrogen-bond acceptors (Lipinski definition) is 5. The first-order valence-electron chi connectivity index (χ1n) is 11.0. The highest BCUT2D eigenvalue weighted by molar-refractivity contribution is 5.98. The number of benzene rings is 2. The summed E-state index contributed by atoms with van der Waals surface area (Å²) < 4.78 is 16.6. The zero-order valence-electron chi connectivity index (χ0n) is 17.9. The third kappa shape index (κ3) is 5.25. The molecule has 0 radical (unpaired) electrons. The van der Waals surface area contributed by atoms with E-state index in [1.54, 1.807) is 37.4 Å². The molecule has 2 fully saturated rings. The Bertz CT molecular complexity index is 896. The number of hydrogen-bond donors (Lipinski definition) is 0. The van der Waals surface area contributed by atoms with Crippen molar-refractivity contribution in [2.75, 3.05) is 33.4 Å². The SMILES string of the molecule is COc1ccc(C(=O)C2CCN(C(=O)c3cccc(OCC4CCCO4)c3)CC2)cc1. The Kier molecular flexibility index (Phi) is 6.87. The summed E-state index contributed by atoms with van der Waals surface area (Å²) in [7, 11) is 1.61. The lowest BCUT2D eigenvalue weighted by atomic mass is 9.88. The highest BCUT2D eigenvalue weighted by Crippen LogP contribution is 2.25. The van der Waals surface area contributed by atoms with Gasteiger partial charge in [-0.3, -0.25) is 9.59 Å². The Morgan fingerprint density at radius 3 is 2.45 bits per heavy atom. The third-order valence-corrected chi connectivity index (χ3v) is 6.07. The fraction of sp³-hybridized carbons (Fsp3) is 0.440. The van der Waals surface area contributed by atoms with Gasteiger partial charge in [0.2, 0.25) is 0 Å². The van der Waals surface area contributed by atoms with Gasteiger partial charge in [0.25, 0.3) is 5.91 Å². The normalized spacial score (nSPS) is 19.3. The molecule has 1 amide bonds. The van der Waals surface area contributed by atoms with Gasteiger partial charge in [0.05, 0.1) is 13.2 Å². The van der Waals surface area contributed by atoms with Gasteiger partial charge in [-0.05, 0) is 68.1 Å². The van der Waals surface area contributed by atoms with Gasteiger partial charge in [0.15, 0.2) is 5.78 Å². The summed E-state index contributed by atoms with van der Waals surface area (Å²) in [5, 5.41) is 0. The number of carbonyl (C=O) groups excluding carboxylic acids is 2. The maximum Gasteiger partial charge on any atom is 0.253 e. The van der Waals surface area contributed by atoms with Gasteiger partial charge >= 0.3 is 0 Å². The standard InChI is InChI=1S/C25H29NO5/c1-29-21-9-7-18(8-10-21)24(27)19-11-13-26(14-12-19)25(28)20-4-2-5-22(16-20)31-17-23-6-3-15-30-23/h2,4-5,7-10,16,19,23H,3,6,11-15,17H2,1H3. The molecule has 1 atom stereocenters. The molecule has 2 aromatic rings. The van der Waals surface area contributed by atoms with Crippen molar-refractivity contribution in [2.24, 2.45) is 5.92 Å². The average Bonchev–Trinajstić information content (AvgIpc) is 3.36. The topological polar surface area (TPSA) is 65.1 Å². The number of carbonyl (C=O) groups is 2. The Morgan fingerprint density at radius 1 is 1.00 bits per heavy atom. The quantitative estimate of drug-likeness (QED) is 0.630. The summed E-state index contributed by atoms with van der Waals surface area (Å²) in [6.45, 7) is 2.46. The number of piperidine rings is 1. The second kappa shape index (κ2) is 9.96. The van der Waals surface area contributed by atoms with Crippen LogP contribution in [0.25, 0.3) is 0 Å². The number of methoxy groups -OCH3 is 1. The molecule has 6 heteroatoms. The van der Waals surface area contributed by atoms with Crippen LogP contribution in [0.15, 0.2) is 48.5 Å². The lowest BCUT2D eigenvalue weighted by Gasteiger charge is -2.31.